The molecule has 0 saturated heterocycles. The van der Waals surface area contributed by atoms with Crippen LogP contribution in [0.5, 0.6) is 0 Å². The molecule has 2 N–H and O–H groups in total. The molecule has 2 unspecified atom stereocenters. The minimum atomic E-state index is -2.97. The van der Waals surface area contributed by atoms with Gasteiger partial charge in [0.2, 0.25) is 0 Å². The fourth-order valence-electron chi connectivity index (χ4n) is 1.36. The molecule has 4 heteroatoms. The number of hydrogen-bond donors (Lipinski definition) is 1. The largest absolute Gasteiger partial charge is 0.327 e. The summed E-state index contributed by atoms with van der Waals surface area (Å²) in [5.74, 6) is 0. The molecular formula is C10H23NO2S. The van der Waals surface area contributed by atoms with Crippen LogP contribution in [-0.4, -0.2) is 26.0 Å². The second-order valence-electron chi connectivity index (χ2n) is 4.05. The first-order valence-electron chi connectivity index (χ1n) is 5.34. The molecule has 0 heterocycles. The quantitative estimate of drug-likeness (QED) is 0.666. The minimum Gasteiger partial charge on any atom is -0.327 e. The summed E-state index contributed by atoms with van der Waals surface area (Å²) >= 11 is 0. The SMILES string of the molecule is CCCCCCC(N)C(C)S(C)(=O)=O. The van der Waals surface area contributed by atoms with Crippen molar-refractivity contribution in [3.8, 4) is 0 Å². The summed E-state index contributed by atoms with van der Waals surface area (Å²) in [5.41, 5.74) is 5.81. The monoisotopic (exact) mass is 221 g/mol. The highest BCUT2D eigenvalue weighted by Crippen LogP contribution is 2.10. The first-order chi connectivity index (χ1) is 6.39. The average molecular weight is 221 g/mol. The van der Waals surface area contributed by atoms with Crippen LogP contribution in [0.2, 0.25) is 0 Å². The Morgan fingerprint density at radius 3 is 2.21 bits per heavy atom. The molecule has 3 nitrogen and oxygen atoms in total. The summed E-state index contributed by atoms with van der Waals surface area (Å²) < 4.78 is 22.4. The number of hydrogen-bond acceptors (Lipinski definition) is 3. The highest BCUT2D eigenvalue weighted by Gasteiger charge is 2.21. The van der Waals surface area contributed by atoms with E-state index in [4.69, 9.17) is 5.73 Å². The van der Waals surface area contributed by atoms with E-state index in [1.165, 1.54) is 19.1 Å². The lowest BCUT2D eigenvalue weighted by Gasteiger charge is -2.17. The van der Waals surface area contributed by atoms with Crippen LogP contribution in [0.4, 0.5) is 0 Å². The molecule has 0 rings (SSSR count). The lowest BCUT2D eigenvalue weighted by Crippen LogP contribution is -2.37. The van der Waals surface area contributed by atoms with Crippen molar-refractivity contribution < 1.29 is 8.42 Å². The molecule has 0 fully saturated rings. The van der Waals surface area contributed by atoms with Crippen LogP contribution in [0.15, 0.2) is 0 Å². The molecule has 0 aliphatic heterocycles. The predicted octanol–water partition coefficient (Wildman–Crippen LogP) is 1.72. The molecular weight excluding hydrogens is 198 g/mol. The normalized spacial score (nSPS) is 16.6. The molecule has 0 aromatic carbocycles. The molecule has 0 amide bonds. The summed E-state index contributed by atoms with van der Waals surface area (Å²) in [6.07, 6.45) is 6.66. The van der Waals surface area contributed by atoms with Gasteiger partial charge < -0.3 is 5.73 Å². The van der Waals surface area contributed by atoms with E-state index in [0.29, 0.717) is 0 Å². The summed E-state index contributed by atoms with van der Waals surface area (Å²) in [6, 6.07) is -0.207. The van der Waals surface area contributed by atoms with Gasteiger partial charge in [-0.15, -0.1) is 0 Å². The smallest absolute Gasteiger partial charge is 0.151 e. The lowest BCUT2D eigenvalue weighted by molar-refractivity contribution is 0.518. The summed E-state index contributed by atoms with van der Waals surface area (Å²) in [6.45, 7) is 3.85. The van der Waals surface area contributed by atoms with Gasteiger partial charge in [-0.2, -0.15) is 0 Å². The van der Waals surface area contributed by atoms with Crippen molar-refractivity contribution in [1.29, 1.82) is 0 Å². The van der Waals surface area contributed by atoms with Gasteiger partial charge in [0.25, 0.3) is 0 Å². The number of sulfone groups is 1. The van der Waals surface area contributed by atoms with Crippen LogP contribution in [0.3, 0.4) is 0 Å². The summed E-state index contributed by atoms with van der Waals surface area (Å²) in [7, 11) is -2.97. The Morgan fingerprint density at radius 2 is 1.79 bits per heavy atom. The molecule has 2 atom stereocenters. The van der Waals surface area contributed by atoms with Crippen molar-refractivity contribution in [3.63, 3.8) is 0 Å². The van der Waals surface area contributed by atoms with Crippen molar-refractivity contribution in [2.24, 2.45) is 5.73 Å². The van der Waals surface area contributed by atoms with Gasteiger partial charge in [0, 0.05) is 12.3 Å². The van der Waals surface area contributed by atoms with Crippen LogP contribution in [0.1, 0.15) is 46.0 Å². The Labute approximate surface area is 88.0 Å². The first-order valence-corrected chi connectivity index (χ1v) is 7.29. The number of nitrogens with two attached hydrogens (primary N) is 1. The van der Waals surface area contributed by atoms with Crippen molar-refractivity contribution in [3.05, 3.63) is 0 Å². The second kappa shape index (κ2) is 6.40. The van der Waals surface area contributed by atoms with Gasteiger partial charge in [0.15, 0.2) is 9.84 Å². The number of unbranched alkanes of at least 4 members (excludes halogenated alkanes) is 3. The van der Waals surface area contributed by atoms with Crippen LogP contribution in [-0.2, 0) is 9.84 Å². The Balaban J connectivity index is 3.79. The molecule has 0 aliphatic carbocycles. The highest BCUT2D eigenvalue weighted by atomic mass is 32.2. The van der Waals surface area contributed by atoms with E-state index >= 15 is 0 Å². The predicted molar refractivity (Wildman–Crippen MR) is 61.0 cm³/mol. The first kappa shape index (κ1) is 13.9. The maximum absolute atomic E-state index is 11.2. The number of rotatable bonds is 7. The maximum atomic E-state index is 11.2. The minimum absolute atomic E-state index is 0.207. The van der Waals surface area contributed by atoms with Gasteiger partial charge in [0.05, 0.1) is 5.25 Å². The van der Waals surface area contributed by atoms with E-state index in [9.17, 15) is 8.42 Å². The molecule has 14 heavy (non-hydrogen) atoms. The molecule has 0 aliphatic rings. The van der Waals surface area contributed by atoms with Gasteiger partial charge in [-0.05, 0) is 13.3 Å². The van der Waals surface area contributed by atoms with E-state index in [1.54, 1.807) is 6.92 Å². The van der Waals surface area contributed by atoms with Crippen LogP contribution < -0.4 is 5.73 Å². The second-order valence-corrected chi connectivity index (χ2v) is 6.45. The molecule has 0 aromatic rings. The van der Waals surface area contributed by atoms with E-state index in [0.717, 1.165) is 19.3 Å². The molecule has 86 valence electrons. The van der Waals surface area contributed by atoms with E-state index in [2.05, 4.69) is 6.92 Å². The van der Waals surface area contributed by atoms with Gasteiger partial charge >= 0.3 is 0 Å². The van der Waals surface area contributed by atoms with E-state index in [-0.39, 0.29) is 6.04 Å². The zero-order chi connectivity index (χ0) is 11.2. The Morgan fingerprint density at radius 1 is 1.21 bits per heavy atom. The van der Waals surface area contributed by atoms with Crippen molar-refractivity contribution in [1.82, 2.24) is 0 Å². The van der Waals surface area contributed by atoms with E-state index in [1.807, 2.05) is 0 Å². The van der Waals surface area contributed by atoms with E-state index < -0.39 is 15.1 Å². The summed E-state index contributed by atoms with van der Waals surface area (Å²) in [5, 5.41) is -0.413. The summed E-state index contributed by atoms with van der Waals surface area (Å²) in [4.78, 5) is 0. The zero-order valence-electron chi connectivity index (χ0n) is 9.49. The van der Waals surface area contributed by atoms with Gasteiger partial charge in [-0.1, -0.05) is 32.6 Å². The average Bonchev–Trinajstić information content (AvgIpc) is 2.09. The standard InChI is InChI=1S/C10H23NO2S/c1-4-5-6-7-8-10(11)9(2)14(3,12)13/h9-10H,4-8,11H2,1-3H3. The molecule has 0 spiro atoms. The Hall–Kier alpha value is -0.0900. The van der Waals surface area contributed by atoms with Crippen molar-refractivity contribution in [2.75, 3.05) is 6.26 Å². The third kappa shape index (κ3) is 5.60. The molecule has 0 saturated carbocycles. The maximum Gasteiger partial charge on any atom is 0.151 e. The third-order valence-corrected chi connectivity index (χ3v) is 4.37. The lowest BCUT2D eigenvalue weighted by atomic mass is 10.1. The van der Waals surface area contributed by atoms with Gasteiger partial charge in [0.1, 0.15) is 0 Å². The third-order valence-electron chi connectivity index (χ3n) is 2.67. The molecule has 0 aromatic heterocycles. The van der Waals surface area contributed by atoms with Crippen LogP contribution in [0.25, 0.3) is 0 Å². The van der Waals surface area contributed by atoms with Gasteiger partial charge in [-0.25, -0.2) is 8.42 Å². The van der Waals surface area contributed by atoms with Crippen LogP contribution >= 0.6 is 0 Å². The van der Waals surface area contributed by atoms with Crippen molar-refractivity contribution >= 4 is 9.84 Å². The fraction of sp³-hybridized carbons (Fsp3) is 1.00. The van der Waals surface area contributed by atoms with Gasteiger partial charge in [-0.3, -0.25) is 0 Å². The van der Waals surface area contributed by atoms with Crippen LogP contribution in [0, 0.1) is 0 Å². The topological polar surface area (TPSA) is 60.2 Å². The fourth-order valence-corrected chi connectivity index (χ4v) is 2.13. The Kier molecular flexibility index (Phi) is 6.36. The highest BCUT2D eigenvalue weighted by molar-refractivity contribution is 7.91. The molecule has 0 bridgehead atoms. The molecule has 0 radical (unpaired) electrons. The Bertz CT molecular complexity index is 237. The zero-order valence-corrected chi connectivity index (χ0v) is 10.3. The van der Waals surface area contributed by atoms with Crippen molar-refractivity contribution in [2.45, 2.75) is 57.2 Å².